The first-order valence-corrected chi connectivity index (χ1v) is 5.31. The Balaban J connectivity index is 4.07. The summed E-state index contributed by atoms with van der Waals surface area (Å²) in [5.41, 5.74) is 0.450. The van der Waals surface area contributed by atoms with Crippen LogP contribution in [0.1, 0.15) is 53.9 Å². The van der Waals surface area contributed by atoms with Crippen molar-refractivity contribution in [3.05, 3.63) is 0 Å². The largest absolute Gasteiger partial charge is 0.314 e. The van der Waals surface area contributed by atoms with Gasteiger partial charge in [-0.25, -0.2) is 0 Å². The Bertz CT molecular complexity index is 102. The van der Waals surface area contributed by atoms with E-state index in [1.54, 1.807) is 0 Å². The lowest BCUT2D eigenvalue weighted by Crippen LogP contribution is -2.41. The van der Waals surface area contributed by atoms with Crippen LogP contribution in [0.5, 0.6) is 0 Å². The van der Waals surface area contributed by atoms with E-state index in [-0.39, 0.29) is 0 Å². The highest BCUT2D eigenvalue weighted by Gasteiger charge is 2.25. The normalized spacial score (nSPS) is 14.8. The van der Waals surface area contributed by atoms with E-state index in [9.17, 15) is 0 Å². The molecule has 1 N–H and O–H groups in total. The fraction of sp³-hybridized carbons (Fsp3) is 1.00. The Labute approximate surface area is 77.9 Å². The molecule has 0 bridgehead atoms. The van der Waals surface area contributed by atoms with E-state index in [4.69, 9.17) is 0 Å². The Morgan fingerprint density at radius 3 is 2.08 bits per heavy atom. The molecule has 0 spiro atoms. The van der Waals surface area contributed by atoms with E-state index in [0.29, 0.717) is 11.5 Å². The van der Waals surface area contributed by atoms with Crippen molar-refractivity contribution in [3.8, 4) is 0 Å². The lowest BCUT2D eigenvalue weighted by atomic mass is 9.80. The summed E-state index contributed by atoms with van der Waals surface area (Å²) in [6.45, 7) is 12.5. The fourth-order valence-electron chi connectivity index (χ4n) is 1.55. The van der Waals surface area contributed by atoms with Crippen molar-refractivity contribution in [2.75, 3.05) is 6.54 Å². The molecular formula is C11H25N. The monoisotopic (exact) mass is 171 g/mol. The first-order chi connectivity index (χ1) is 5.58. The topological polar surface area (TPSA) is 12.0 Å². The molecule has 0 aromatic heterocycles. The molecule has 0 saturated heterocycles. The van der Waals surface area contributed by atoms with Crippen LogP contribution in [-0.4, -0.2) is 12.6 Å². The van der Waals surface area contributed by atoms with Gasteiger partial charge < -0.3 is 5.32 Å². The molecule has 0 aromatic carbocycles. The quantitative estimate of drug-likeness (QED) is 0.647. The highest BCUT2D eigenvalue weighted by molar-refractivity contribution is 4.82. The van der Waals surface area contributed by atoms with Crippen molar-refractivity contribution >= 4 is 0 Å². The zero-order chi connectivity index (χ0) is 9.61. The van der Waals surface area contributed by atoms with Crippen LogP contribution in [0.15, 0.2) is 0 Å². The number of hydrogen-bond donors (Lipinski definition) is 1. The van der Waals surface area contributed by atoms with Crippen LogP contribution in [0, 0.1) is 5.41 Å². The first-order valence-electron chi connectivity index (χ1n) is 5.31. The van der Waals surface area contributed by atoms with Crippen molar-refractivity contribution < 1.29 is 0 Å². The highest BCUT2D eigenvalue weighted by Crippen LogP contribution is 2.27. The third-order valence-corrected chi connectivity index (χ3v) is 2.88. The van der Waals surface area contributed by atoms with Gasteiger partial charge in [0.1, 0.15) is 0 Å². The molecule has 0 aliphatic rings. The summed E-state index contributed by atoms with van der Waals surface area (Å²) >= 11 is 0. The molecule has 0 fully saturated rings. The predicted molar refractivity (Wildman–Crippen MR) is 56.4 cm³/mol. The van der Waals surface area contributed by atoms with Gasteiger partial charge in [-0.2, -0.15) is 0 Å². The standard InChI is InChI=1S/C11H25N/c1-6-9-10(12-8-3)11(4,5)7-2/h10,12H,6-9H2,1-5H3. The molecule has 0 amide bonds. The van der Waals surface area contributed by atoms with Gasteiger partial charge in [-0.1, -0.05) is 41.0 Å². The smallest absolute Gasteiger partial charge is 0.0118 e. The second-order valence-corrected chi connectivity index (χ2v) is 4.24. The molecule has 0 aliphatic heterocycles. The number of nitrogens with one attached hydrogen (secondary N) is 1. The van der Waals surface area contributed by atoms with Crippen molar-refractivity contribution in [2.24, 2.45) is 5.41 Å². The molecule has 0 aromatic rings. The van der Waals surface area contributed by atoms with Gasteiger partial charge in [0.2, 0.25) is 0 Å². The van der Waals surface area contributed by atoms with Crippen LogP contribution >= 0.6 is 0 Å². The van der Waals surface area contributed by atoms with Crippen LogP contribution in [0.25, 0.3) is 0 Å². The molecule has 0 aliphatic carbocycles. The molecule has 0 radical (unpaired) electrons. The van der Waals surface area contributed by atoms with E-state index >= 15 is 0 Å². The van der Waals surface area contributed by atoms with Gasteiger partial charge in [-0.05, 0) is 24.8 Å². The van der Waals surface area contributed by atoms with Crippen LogP contribution in [-0.2, 0) is 0 Å². The Morgan fingerprint density at radius 2 is 1.75 bits per heavy atom. The predicted octanol–water partition coefficient (Wildman–Crippen LogP) is 3.20. The molecule has 74 valence electrons. The molecule has 0 heterocycles. The highest BCUT2D eigenvalue weighted by atomic mass is 14.9. The van der Waals surface area contributed by atoms with Gasteiger partial charge in [-0.3, -0.25) is 0 Å². The van der Waals surface area contributed by atoms with E-state index < -0.39 is 0 Å². The van der Waals surface area contributed by atoms with Crippen molar-refractivity contribution in [1.29, 1.82) is 0 Å². The minimum absolute atomic E-state index is 0.450. The Kier molecular flexibility index (Phi) is 5.56. The van der Waals surface area contributed by atoms with E-state index in [1.807, 2.05) is 0 Å². The zero-order valence-corrected chi connectivity index (χ0v) is 9.41. The van der Waals surface area contributed by atoms with Crippen LogP contribution in [0.3, 0.4) is 0 Å². The average molecular weight is 171 g/mol. The van der Waals surface area contributed by atoms with Crippen molar-refractivity contribution in [1.82, 2.24) is 5.32 Å². The lowest BCUT2D eigenvalue weighted by molar-refractivity contribution is 0.222. The summed E-state index contributed by atoms with van der Waals surface area (Å²) in [5.74, 6) is 0. The van der Waals surface area contributed by atoms with E-state index in [0.717, 1.165) is 6.54 Å². The van der Waals surface area contributed by atoms with Gasteiger partial charge in [-0.15, -0.1) is 0 Å². The van der Waals surface area contributed by atoms with Gasteiger partial charge >= 0.3 is 0 Å². The third kappa shape index (κ3) is 3.57. The lowest BCUT2D eigenvalue weighted by Gasteiger charge is -2.34. The first kappa shape index (κ1) is 12.0. The Morgan fingerprint density at radius 1 is 1.17 bits per heavy atom. The van der Waals surface area contributed by atoms with E-state index in [1.165, 1.54) is 19.3 Å². The second-order valence-electron chi connectivity index (χ2n) is 4.24. The van der Waals surface area contributed by atoms with Crippen LogP contribution < -0.4 is 5.32 Å². The molecule has 0 rings (SSSR count). The van der Waals surface area contributed by atoms with Crippen LogP contribution in [0.4, 0.5) is 0 Å². The SMILES string of the molecule is CCCC(NCC)C(C)(C)CC. The van der Waals surface area contributed by atoms with Gasteiger partial charge in [0.15, 0.2) is 0 Å². The summed E-state index contributed by atoms with van der Waals surface area (Å²) in [5, 5.41) is 3.57. The second kappa shape index (κ2) is 5.58. The summed E-state index contributed by atoms with van der Waals surface area (Å²) in [4.78, 5) is 0. The van der Waals surface area contributed by atoms with Gasteiger partial charge in [0.25, 0.3) is 0 Å². The van der Waals surface area contributed by atoms with Crippen LogP contribution in [0.2, 0.25) is 0 Å². The molecule has 1 heteroatoms. The maximum absolute atomic E-state index is 3.57. The molecular weight excluding hydrogens is 146 g/mol. The number of rotatable bonds is 6. The summed E-state index contributed by atoms with van der Waals surface area (Å²) in [6.07, 6.45) is 3.83. The summed E-state index contributed by atoms with van der Waals surface area (Å²) in [6, 6.07) is 0.692. The maximum Gasteiger partial charge on any atom is 0.0118 e. The maximum atomic E-state index is 3.57. The fourth-order valence-corrected chi connectivity index (χ4v) is 1.55. The van der Waals surface area contributed by atoms with Gasteiger partial charge in [0.05, 0.1) is 0 Å². The van der Waals surface area contributed by atoms with E-state index in [2.05, 4.69) is 39.9 Å². The molecule has 0 saturated carbocycles. The van der Waals surface area contributed by atoms with Crippen molar-refractivity contribution in [3.63, 3.8) is 0 Å². The summed E-state index contributed by atoms with van der Waals surface area (Å²) < 4.78 is 0. The molecule has 1 nitrogen and oxygen atoms in total. The zero-order valence-electron chi connectivity index (χ0n) is 9.41. The summed E-state index contributed by atoms with van der Waals surface area (Å²) in [7, 11) is 0. The molecule has 1 unspecified atom stereocenters. The Hall–Kier alpha value is -0.0400. The molecule has 12 heavy (non-hydrogen) atoms. The molecule has 1 atom stereocenters. The van der Waals surface area contributed by atoms with Crippen molar-refractivity contribution in [2.45, 2.75) is 59.9 Å². The minimum Gasteiger partial charge on any atom is -0.314 e. The van der Waals surface area contributed by atoms with Gasteiger partial charge in [0, 0.05) is 6.04 Å². The third-order valence-electron chi connectivity index (χ3n) is 2.88. The average Bonchev–Trinajstić information content (AvgIpc) is 2.04. The number of hydrogen-bond acceptors (Lipinski definition) is 1. The minimum atomic E-state index is 0.450.